The largest absolute Gasteiger partial charge is 0.468 e. The highest BCUT2D eigenvalue weighted by atomic mass is 19.1. The van der Waals surface area contributed by atoms with Crippen LogP contribution in [0.4, 0.5) is 19.4 Å². The van der Waals surface area contributed by atoms with Gasteiger partial charge < -0.3 is 29.0 Å². The molecule has 3 aliphatic carbocycles. The lowest BCUT2D eigenvalue weighted by Crippen LogP contribution is -2.55. The van der Waals surface area contributed by atoms with Gasteiger partial charge in [0, 0.05) is 49.9 Å². The van der Waals surface area contributed by atoms with Crippen molar-refractivity contribution in [1.82, 2.24) is 19.9 Å². The molecule has 1 unspecified atom stereocenters. The lowest BCUT2D eigenvalue weighted by atomic mass is 9.56. The molecular weight excluding hydrogens is 672 g/mol. The number of terminal acetylenes is 1. The fourth-order valence-corrected chi connectivity index (χ4v) is 9.22. The van der Waals surface area contributed by atoms with Gasteiger partial charge in [0.25, 0.3) is 0 Å². The summed E-state index contributed by atoms with van der Waals surface area (Å²) >= 11 is 0. The minimum absolute atomic E-state index is 0.0246. The average Bonchev–Trinajstić information content (AvgIpc) is 3.44. The Balaban J connectivity index is 1.26. The number of hydrogen-bond donors (Lipinski definition) is 1. The van der Waals surface area contributed by atoms with E-state index in [9.17, 15) is 9.90 Å². The summed E-state index contributed by atoms with van der Waals surface area (Å²) in [6.45, 7) is 2.73. The molecule has 11 nitrogen and oxygen atoms in total. The number of carboxylic acid groups (broad SMARTS) is 1. The first-order valence-electron chi connectivity index (χ1n) is 17.8. The number of ether oxygens (including phenoxy) is 4. The number of piperazine rings is 1. The molecule has 13 heteroatoms. The third kappa shape index (κ3) is 5.54. The maximum Gasteiger partial charge on any atom is 0.407 e. The third-order valence-corrected chi connectivity index (χ3v) is 12.2. The van der Waals surface area contributed by atoms with E-state index in [2.05, 4.69) is 10.9 Å². The van der Waals surface area contributed by atoms with Gasteiger partial charge in [-0.3, -0.25) is 9.88 Å². The Morgan fingerprint density at radius 1 is 1.08 bits per heavy atom. The minimum Gasteiger partial charge on any atom is -0.468 e. The number of aromatic nitrogens is 3. The zero-order chi connectivity index (χ0) is 36.4. The highest BCUT2D eigenvalue weighted by Gasteiger charge is 2.52. The first kappa shape index (κ1) is 34.3. The number of methoxy groups -OCH3 is 2. The fourth-order valence-electron chi connectivity index (χ4n) is 9.22. The van der Waals surface area contributed by atoms with Crippen LogP contribution in [0, 0.1) is 29.4 Å². The number of nitrogens with zero attached hydrogens (tertiary/aromatic N) is 5. The monoisotopic (exact) mass is 713 g/mol. The lowest BCUT2D eigenvalue weighted by molar-refractivity contribution is -0.142. The minimum atomic E-state index is -0.946. The summed E-state index contributed by atoms with van der Waals surface area (Å²) < 4.78 is 55.7. The Morgan fingerprint density at radius 2 is 1.79 bits per heavy atom. The van der Waals surface area contributed by atoms with Crippen LogP contribution in [-0.4, -0.2) is 88.9 Å². The topological polar surface area (TPSA) is 119 Å². The van der Waals surface area contributed by atoms with E-state index in [1.165, 1.54) is 24.3 Å². The second-order valence-electron chi connectivity index (χ2n) is 14.7. The van der Waals surface area contributed by atoms with Crippen molar-refractivity contribution in [3.63, 3.8) is 0 Å². The Kier molecular flexibility index (Phi) is 8.58. The first-order valence-corrected chi connectivity index (χ1v) is 17.8. The molecule has 0 radical (unpaired) electrons. The Labute approximate surface area is 300 Å². The molecule has 1 N–H and O–H groups in total. The molecule has 9 rings (SSSR count). The van der Waals surface area contributed by atoms with E-state index < -0.39 is 17.7 Å². The molecule has 5 fully saturated rings. The normalized spacial score (nSPS) is 25.8. The SMILES string of the molecule is C#Cc1c(F)ccc2cc(OCOC)cc(-c3ncc4c(N5C[C@H]6CC[C@@H](C5)N6C(=O)O)nc(OC(C)C56CCC(OC)(CC5)CC6)nc4c3F)c12. The van der Waals surface area contributed by atoms with Gasteiger partial charge in [0.1, 0.15) is 34.7 Å². The first-order chi connectivity index (χ1) is 25.1. The predicted octanol–water partition coefficient (Wildman–Crippen LogP) is 6.92. The van der Waals surface area contributed by atoms with Gasteiger partial charge in [0.2, 0.25) is 0 Å². The number of benzene rings is 2. The number of anilines is 1. The molecule has 1 amide bonds. The van der Waals surface area contributed by atoms with Gasteiger partial charge in [-0.25, -0.2) is 13.6 Å². The maximum atomic E-state index is 17.2. The zero-order valence-electron chi connectivity index (χ0n) is 29.5. The van der Waals surface area contributed by atoms with Crippen molar-refractivity contribution in [2.24, 2.45) is 5.41 Å². The van der Waals surface area contributed by atoms with Crippen LogP contribution in [0.3, 0.4) is 0 Å². The highest BCUT2D eigenvalue weighted by Crippen LogP contribution is 2.56. The van der Waals surface area contributed by atoms with Crippen molar-refractivity contribution >= 4 is 33.6 Å². The summed E-state index contributed by atoms with van der Waals surface area (Å²) in [6.07, 6.45) is 13.2. The van der Waals surface area contributed by atoms with Crippen molar-refractivity contribution in [2.45, 2.75) is 82.1 Å². The molecule has 3 atom stereocenters. The Hall–Kier alpha value is -4.80. The molecule has 52 heavy (non-hydrogen) atoms. The summed E-state index contributed by atoms with van der Waals surface area (Å²) in [5.74, 6) is 1.82. The zero-order valence-corrected chi connectivity index (χ0v) is 29.5. The quantitative estimate of drug-likeness (QED) is 0.145. The predicted molar refractivity (Wildman–Crippen MR) is 189 cm³/mol. The molecule has 0 spiro atoms. The van der Waals surface area contributed by atoms with Crippen LogP contribution in [0.5, 0.6) is 11.8 Å². The number of halogens is 2. The summed E-state index contributed by atoms with van der Waals surface area (Å²) in [7, 11) is 3.27. The summed E-state index contributed by atoms with van der Waals surface area (Å²) in [5, 5.41) is 11.1. The molecule has 2 aromatic carbocycles. The van der Waals surface area contributed by atoms with E-state index in [1.54, 1.807) is 25.3 Å². The van der Waals surface area contributed by atoms with E-state index in [-0.39, 0.29) is 64.3 Å². The van der Waals surface area contributed by atoms with E-state index in [0.717, 1.165) is 51.4 Å². The van der Waals surface area contributed by atoms with Gasteiger partial charge >= 0.3 is 12.1 Å². The average molecular weight is 714 g/mol. The van der Waals surface area contributed by atoms with E-state index >= 15 is 8.78 Å². The molecule has 272 valence electrons. The number of carbonyl (C=O) groups is 1. The molecule has 4 bridgehead atoms. The van der Waals surface area contributed by atoms with Crippen LogP contribution in [0.25, 0.3) is 32.9 Å². The molecule has 5 aliphatic rings. The van der Waals surface area contributed by atoms with Crippen LogP contribution in [0.2, 0.25) is 0 Å². The van der Waals surface area contributed by atoms with Crippen molar-refractivity contribution < 1.29 is 37.6 Å². The Morgan fingerprint density at radius 3 is 2.42 bits per heavy atom. The molecule has 3 saturated carbocycles. The molecule has 2 saturated heterocycles. The summed E-state index contributed by atoms with van der Waals surface area (Å²) in [6, 6.07) is 5.63. The van der Waals surface area contributed by atoms with Crippen molar-refractivity contribution in [3.8, 4) is 35.4 Å². The van der Waals surface area contributed by atoms with Gasteiger partial charge in [-0.05, 0) is 81.9 Å². The third-order valence-electron chi connectivity index (χ3n) is 12.2. The smallest absolute Gasteiger partial charge is 0.407 e. The van der Waals surface area contributed by atoms with Gasteiger partial charge in [0.15, 0.2) is 12.6 Å². The molecule has 2 aromatic heterocycles. The number of rotatable bonds is 9. The second-order valence-corrected chi connectivity index (χ2v) is 14.7. The summed E-state index contributed by atoms with van der Waals surface area (Å²) in [5.41, 5.74) is -0.0961. The summed E-state index contributed by atoms with van der Waals surface area (Å²) in [4.78, 5) is 29.8. The fraction of sp³-hybridized carbons (Fsp3) is 0.487. The number of pyridine rings is 1. The van der Waals surface area contributed by atoms with Crippen LogP contribution >= 0.6 is 0 Å². The van der Waals surface area contributed by atoms with Crippen LogP contribution < -0.4 is 14.4 Å². The second kappa shape index (κ2) is 13.0. The Bertz CT molecular complexity index is 2080. The van der Waals surface area contributed by atoms with Gasteiger partial charge in [-0.1, -0.05) is 12.0 Å². The highest BCUT2D eigenvalue weighted by molar-refractivity contribution is 6.03. The van der Waals surface area contributed by atoms with Crippen molar-refractivity contribution in [3.05, 3.63) is 47.7 Å². The maximum absolute atomic E-state index is 17.2. The van der Waals surface area contributed by atoms with Crippen LogP contribution in [0.1, 0.15) is 63.9 Å². The van der Waals surface area contributed by atoms with Gasteiger partial charge in [0.05, 0.1) is 28.6 Å². The molecular formula is C39H41F2N5O6. The van der Waals surface area contributed by atoms with Crippen LogP contribution in [0.15, 0.2) is 30.5 Å². The number of amides is 1. The van der Waals surface area contributed by atoms with E-state index in [1.807, 2.05) is 11.8 Å². The van der Waals surface area contributed by atoms with Crippen molar-refractivity contribution in [1.29, 1.82) is 0 Å². The van der Waals surface area contributed by atoms with E-state index in [0.29, 0.717) is 40.8 Å². The lowest BCUT2D eigenvalue weighted by Gasteiger charge is -2.54. The standard InChI is InChI=1S/C39H41F2N5O6/c1-5-27-30(40)9-6-23-16-26(51-21-49-3)17-28(31(23)27)33-32(41)34-29(18-42-33)35(45-19-24-7-8-25(20-45)46(24)37(47)48)44-36(43-34)52-22(2)38-10-13-39(50-4,14-11-38)15-12-38/h1,6,9,16-18,22,24-25H,7-8,10-15,19-21H2,2-4H3,(H,47,48)/t22?,24-,25+,38?,39?. The number of fused-ring (bicyclic) bond motifs is 7. The number of hydrogen-bond acceptors (Lipinski definition) is 9. The van der Waals surface area contributed by atoms with Crippen LogP contribution in [-0.2, 0) is 9.47 Å². The van der Waals surface area contributed by atoms with Gasteiger partial charge in [-0.15, -0.1) is 6.42 Å². The van der Waals surface area contributed by atoms with Crippen molar-refractivity contribution in [2.75, 3.05) is 39.0 Å². The van der Waals surface area contributed by atoms with Gasteiger partial charge in [-0.2, -0.15) is 9.97 Å². The molecule has 4 heterocycles. The molecule has 2 aliphatic heterocycles. The van der Waals surface area contributed by atoms with E-state index in [4.69, 9.17) is 35.3 Å². The molecule has 4 aromatic rings.